The van der Waals surface area contributed by atoms with Gasteiger partial charge in [0.15, 0.2) is 0 Å². The van der Waals surface area contributed by atoms with Crippen LogP contribution in [0.15, 0.2) is 24.3 Å². The zero-order valence-corrected chi connectivity index (χ0v) is 7.73. The summed E-state index contributed by atoms with van der Waals surface area (Å²) >= 11 is 0. The third-order valence-electron chi connectivity index (χ3n) is 1.72. The molecule has 0 aliphatic heterocycles. The van der Waals surface area contributed by atoms with E-state index in [2.05, 4.69) is 43.8 Å². The van der Waals surface area contributed by atoms with Gasteiger partial charge >= 0.3 is 0 Å². The van der Waals surface area contributed by atoms with E-state index in [4.69, 9.17) is 0 Å². The third kappa shape index (κ3) is 2.52. The summed E-state index contributed by atoms with van der Waals surface area (Å²) in [5, 5.41) is 0. The lowest BCUT2D eigenvalue weighted by atomic mass is 10.0. The molecule has 3 N–H and O–H groups in total. The first kappa shape index (κ1) is 10.5. The van der Waals surface area contributed by atoms with E-state index in [1.807, 2.05) is 0 Å². The Morgan fingerprint density at radius 3 is 2.18 bits per heavy atom. The molecular weight excluding hydrogens is 158 g/mol. The second kappa shape index (κ2) is 4.37. The van der Waals surface area contributed by atoms with E-state index < -0.39 is 0 Å². The normalized spacial score (nSPS) is 11.9. The second-order valence-electron chi connectivity index (χ2n) is 2.76. The molecule has 0 saturated heterocycles. The fourth-order valence-electron chi connectivity index (χ4n) is 1.14. The summed E-state index contributed by atoms with van der Waals surface area (Å²) in [4.78, 5) is 0. The molecule has 1 atom stereocenters. The van der Waals surface area contributed by atoms with E-state index in [0.717, 1.165) is 0 Å². The SMILES string of the molecule is Cc1ccccc1C(C)[NH3+].[Cl-]. The van der Waals surface area contributed by atoms with E-state index in [9.17, 15) is 0 Å². The number of hydrogen-bond acceptors (Lipinski definition) is 0. The van der Waals surface area contributed by atoms with Crippen LogP contribution in [-0.4, -0.2) is 0 Å². The molecule has 0 aliphatic carbocycles. The molecule has 1 aromatic rings. The summed E-state index contributed by atoms with van der Waals surface area (Å²) in [7, 11) is 0. The van der Waals surface area contributed by atoms with Gasteiger partial charge in [0, 0.05) is 5.56 Å². The topological polar surface area (TPSA) is 27.6 Å². The van der Waals surface area contributed by atoms with Gasteiger partial charge in [0.1, 0.15) is 6.04 Å². The van der Waals surface area contributed by atoms with Crippen molar-refractivity contribution in [2.75, 3.05) is 0 Å². The van der Waals surface area contributed by atoms with Crippen LogP contribution in [0.25, 0.3) is 0 Å². The first-order valence-corrected chi connectivity index (χ1v) is 3.60. The lowest BCUT2D eigenvalue weighted by Crippen LogP contribution is -3.00. The number of aryl methyl sites for hydroxylation is 1. The number of hydrogen-bond donors (Lipinski definition) is 1. The molecular formula is C9H14ClN. The highest BCUT2D eigenvalue weighted by Crippen LogP contribution is 2.11. The summed E-state index contributed by atoms with van der Waals surface area (Å²) in [5.74, 6) is 0. The van der Waals surface area contributed by atoms with Crippen molar-refractivity contribution in [2.24, 2.45) is 0 Å². The maximum absolute atomic E-state index is 3.97. The van der Waals surface area contributed by atoms with Crippen LogP contribution in [0, 0.1) is 6.92 Å². The lowest BCUT2D eigenvalue weighted by molar-refractivity contribution is -0.420. The van der Waals surface area contributed by atoms with Gasteiger partial charge in [0.25, 0.3) is 0 Å². The second-order valence-corrected chi connectivity index (χ2v) is 2.76. The van der Waals surface area contributed by atoms with Crippen LogP contribution >= 0.6 is 0 Å². The van der Waals surface area contributed by atoms with Crippen LogP contribution in [-0.2, 0) is 0 Å². The van der Waals surface area contributed by atoms with Crippen molar-refractivity contribution in [3.8, 4) is 0 Å². The highest BCUT2D eigenvalue weighted by Gasteiger charge is 2.03. The first-order chi connectivity index (χ1) is 4.72. The van der Waals surface area contributed by atoms with Crippen LogP contribution in [0.5, 0.6) is 0 Å². The smallest absolute Gasteiger partial charge is 0.107 e. The van der Waals surface area contributed by atoms with Crippen LogP contribution in [0.3, 0.4) is 0 Å². The Morgan fingerprint density at radius 2 is 1.82 bits per heavy atom. The quantitative estimate of drug-likeness (QED) is 0.522. The number of rotatable bonds is 1. The largest absolute Gasteiger partial charge is 1.00 e. The first-order valence-electron chi connectivity index (χ1n) is 3.60. The average Bonchev–Trinajstić information content (AvgIpc) is 1.88. The minimum Gasteiger partial charge on any atom is -1.00 e. The predicted octanol–water partition coefficient (Wildman–Crippen LogP) is -1.70. The molecule has 1 aromatic carbocycles. The van der Waals surface area contributed by atoms with Gasteiger partial charge in [-0.25, -0.2) is 0 Å². The van der Waals surface area contributed by atoms with E-state index in [-0.39, 0.29) is 12.4 Å². The molecule has 1 unspecified atom stereocenters. The number of quaternary nitrogens is 1. The molecule has 0 saturated carbocycles. The monoisotopic (exact) mass is 171 g/mol. The van der Waals surface area contributed by atoms with Crippen LogP contribution in [0.1, 0.15) is 24.1 Å². The highest BCUT2D eigenvalue weighted by atomic mass is 35.5. The molecule has 0 heterocycles. The lowest BCUT2D eigenvalue weighted by Gasteiger charge is -2.04. The average molecular weight is 172 g/mol. The summed E-state index contributed by atoms with van der Waals surface area (Å²) in [6.07, 6.45) is 0. The molecule has 0 bridgehead atoms. The zero-order valence-electron chi connectivity index (χ0n) is 6.97. The minimum atomic E-state index is 0. The molecule has 0 aliphatic rings. The van der Waals surface area contributed by atoms with Gasteiger partial charge in [-0.1, -0.05) is 24.3 Å². The fraction of sp³-hybridized carbons (Fsp3) is 0.333. The fourth-order valence-corrected chi connectivity index (χ4v) is 1.14. The predicted molar refractivity (Wildman–Crippen MR) is 42.5 cm³/mol. The Labute approximate surface area is 74.0 Å². The summed E-state index contributed by atoms with van der Waals surface area (Å²) in [6.45, 7) is 4.24. The standard InChI is InChI=1S/C9H13N.ClH/c1-7-5-3-4-6-9(7)8(2)10;/h3-6,8H,10H2,1-2H3;1H. The molecule has 11 heavy (non-hydrogen) atoms. The van der Waals surface area contributed by atoms with Crippen LogP contribution in [0.4, 0.5) is 0 Å². The van der Waals surface area contributed by atoms with Gasteiger partial charge < -0.3 is 18.1 Å². The van der Waals surface area contributed by atoms with Gasteiger partial charge in [-0.05, 0) is 19.4 Å². The van der Waals surface area contributed by atoms with E-state index in [0.29, 0.717) is 6.04 Å². The number of benzene rings is 1. The van der Waals surface area contributed by atoms with Gasteiger partial charge in [0.2, 0.25) is 0 Å². The molecule has 1 rings (SSSR count). The Bertz CT molecular complexity index is 221. The van der Waals surface area contributed by atoms with E-state index in [1.165, 1.54) is 11.1 Å². The third-order valence-corrected chi connectivity index (χ3v) is 1.72. The van der Waals surface area contributed by atoms with Crippen molar-refractivity contribution in [1.29, 1.82) is 0 Å². The van der Waals surface area contributed by atoms with Gasteiger partial charge in [0.05, 0.1) is 0 Å². The van der Waals surface area contributed by atoms with E-state index >= 15 is 0 Å². The molecule has 0 amide bonds. The van der Waals surface area contributed by atoms with Crippen molar-refractivity contribution in [3.05, 3.63) is 35.4 Å². The minimum absolute atomic E-state index is 0. The van der Waals surface area contributed by atoms with E-state index in [1.54, 1.807) is 0 Å². The molecule has 2 heteroatoms. The number of halogens is 1. The van der Waals surface area contributed by atoms with Crippen molar-refractivity contribution in [2.45, 2.75) is 19.9 Å². The molecule has 1 nitrogen and oxygen atoms in total. The Kier molecular flexibility index (Phi) is 4.16. The molecule has 62 valence electrons. The van der Waals surface area contributed by atoms with Crippen molar-refractivity contribution >= 4 is 0 Å². The molecule has 0 aromatic heterocycles. The van der Waals surface area contributed by atoms with Crippen LogP contribution in [0.2, 0.25) is 0 Å². The maximum Gasteiger partial charge on any atom is 0.107 e. The summed E-state index contributed by atoms with van der Waals surface area (Å²) in [5.41, 5.74) is 6.66. The van der Waals surface area contributed by atoms with Crippen molar-refractivity contribution in [3.63, 3.8) is 0 Å². The van der Waals surface area contributed by atoms with Crippen molar-refractivity contribution < 1.29 is 18.1 Å². The zero-order chi connectivity index (χ0) is 7.56. The molecule has 0 fully saturated rings. The highest BCUT2D eigenvalue weighted by molar-refractivity contribution is 5.26. The Hall–Kier alpha value is -0.530. The van der Waals surface area contributed by atoms with Crippen molar-refractivity contribution in [1.82, 2.24) is 0 Å². The summed E-state index contributed by atoms with van der Waals surface area (Å²) in [6, 6.07) is 8.77. The van der Waals surface area contributed by atoms with Gasteiger partial charge in [-0.3, -0.25) is 0 Å². The molecule has 0 spiro atoms. The summed E-state index contributed by atoms with van der Waals surface area (Å²) < 4.78 is 0. The van der Waals surface area contributed by atoms with Gasteiger partial charge in [-0.2, -0.15) is 0 Å². The maximum atomic E-state index is 3.97. The Balaban J connectivity index is 0.000001000. The van der Waals surface area contributed by atoms with Gasteiger partial charge in [-0.15, -0.1) is 0 Å². The molecule has 0 radical (unpaired) electrons. The van der Waals surface area contributed by atoms with Crippen LogP contribution < -0.4 is 18.1 Å². The Morgan fingerprint density at radius 1 is 1.27 bits per heavy atom.